The number of hydrogen-bond donors (Lipinski definition) is 2. The summed E-state index contributed by atoms with van der Waals surface area (Å²) < 4.78 is 0. The fraction of sp³-hybridized carbons (Fsp3) is 0.261. The quantitative estimate of drug-likeness (QED) is 0.475. The summed E-state index contributed by atoms with van der Waals surface area (Å²) in [6.45, 7) is 2.87. The fourth-order valence-electron chi connectivity index (χ4n) is 3.77. The van der Waals surface area contributed by atoms with Crippen molar-refractivity contribution < 1.29 is 4.79 Å². The Morgan fingerprint density at radius 1 is 1.11 bits per heavy atom. The highest BCUT2D eigenvalue weighted by atomic mass is 32.2. The lowest BCUT2D eigenvalue weighted by Gasteiger charge is -2.33. The van der Waals surface area contributed by atoms with Gasteiger partial charge < -0.3 is 15.1 Å². The van der Waals surface area contributed by atoms with E-state index in [1.807, 2.05) is 30.8 Å². The Bertz CT molecular complexity index is 947. The average molecular weight is 377 g/mol. The molecule has 2 aromatic carbocycles. The zero-order valence-corrected chi connectivity index (χ0v) is 16.2. The van der Waals surface area contributed by atoms with Gasteiger partial charge in [0.25, 0.3) is 0 Å². The van der Waals surface area contributed by atoms with Gasteiger partial charge in [0, 0.05) is 45.7 Å². The van der Waals surface area contributed by atoms with E-state index in [4.69, 9.17) is 0 Å². The second kappa shape index (κ2) is 8.15. The van der Waals surface area contributed by atoms with E-state index in [2.05, 4.69) is 65.0 Å². The molecule has 3 nitrogen and oxygen atoms in total. The van der Waals surface area contributed by atoms with Crippen molar-refractivity contribution in [1.29, 1.82) is 0 Å². The Hall–Kier alpha value is -2.30. The van der Waals surface area contributed by atoms with Crippen molar-refractivity contribution in [2.75, 3.05) is 6.54 Å². The lowest BCUT2D eigenvalue weighted by Crippen LogP contribution is -2.44. The summed E-state index contributed by atoms with van der Waals surface area (Å²) in [6, 6.07) is 19.1. The molecule has 4 rings (SSSR count). The number of aldehydes is 1. The number of thioether (sulfide) groups is 1. The minimum atomic E-state index is -0.0312. The molecule has 0 aliphatic carbocycles. The Labute approximate surface area is 164 Å². The Balaban J connectivity index is 1.59. The van der Waals surface area contributed by atoms with Crippen molar-refractivity contribution in [3.63, 3.8) is 0 Å². The van der Waals surface area contributed by atoms with Crippen LogP contribution in [0.4, 0.5) is 0 Å². The second-order valence-corrected chi connectivity index (χ2v) is 8.31. The van der Waals surface area contributed by atoms with Crippen molar-refractivity contribution in [3.05, 3.63) is 72.4 Å². The van der Waals surface area contributed by atoms with Crippen LogP contribution in [0.1, 0.15) is 18.9 Å². The first-order valence-corrected chi connectivity index (χ1v) is 10.3. The molecule has 2 N–H and O–H groups in total. The average Bonchev–Trinajstić information content (AvgIpc) is 3.15. The van der Waals surface area contributed by atoms with E-state index < -0.39 is 0 Å². The molecular weight excluding hydrogens is 352 g/mol. The number of carbonyl (C=O) groups excluding carboxylic acids is 1. The fourth-order valence-corrected chi connectivity index (χ4v) is 5.13. The number of para-hydroxylation sites is 1. The molecule has 1 aliphatic rings. The minimum absolute atomic E-state index is 0.0312. The Morgan fingerprint density at radius 3 is 2.70 bits per heavy atom. The van der Waals surface area contributed by atoms with Crippen LogP contribution in [-0.2, 0) is 4.79 Å². The van der Waals surface area contributed by atoms with Crippen molar-refractivity contribution in [2.45, 2.75) is 29.5 Å². The molecule has 3 atom stereocenters. The zero-order valence-electron chi connectivity index (χ0n) is 15.4. The Kier molecular flexibility index (Phi) is 5.46. The van der Waals surface area contributed by atoms with Gasteiger partial charge in [0.2, 0.25) is 0 Å². The maximum atomic E-state index is 11.7. The molecule has 0 spiro atoms. The third kappa shape index (κ3) is 3.87. The first-order chi connectivity index (χ1) is 13.3. The van der Waals surface area contributed by atoms with Crippen molar-refractivity contribution in [2.24, 2.45) is 5.92 Å². The minimum Gasteiger partial charge on any atom is -0.360 e. The van der Waals surface area contributed by atoms with E-state index in [-0.39, 0.29) is 17.2 Å². The van der Waals surface area contributed by atoms with Gasteiger partial charge in [-0.2, -0.15) is 0 Å². The zero-order chi connectivity index (χ0) is 18.6. The van der Waals surface area contributed by atoms with Crippen LogP contribution >= 0.6 is 11.8 Å². The smallest absolute Gasteiger partial charge is 0.123 e. The Morgan fingerprint density at radius 2 is 1.89 bits per heavy atom. The van der Waals surface area contributed by atoms with Crippen LogP contribution in [0, 0.1) is 5.92 Å². The largest absolute Gasteiger partial charge is 0.360 e. The topological polar surface area (TPSA) is 44.9 Å². The van der Waals surface area contributed by atoms with Gasteiger partial charge >= 0.3 is 0 Å². The van der Waals surface area contributed by atoms with E-state index >= 15 is 0 Å². The summed E-state index contributed by atoms with van der Waals surface area (Å²) >= 11 is 1.81. The molecule has 138 valence electrons. The van der Waals surface area contributed by atoms with Crippen LogP contribution in [0.25, 0.3) is 16.5 Å². The van der Waals surface area contributed by atoms with Crippen LogP contribution < -0.4 is 5.32 Å². The molecule has 0 fully saturated rings. The predicted octanol–water partition coefficient (Wildman–Crippen LogP) is 4.91. The standard InChI is InChI=1S/C23H24N2OS/c1-16(15-26)23(27-22-14-25-20-10-6-5-9-19(20)22)21-13-18(11-12-24-21)17-7-3-2-4-8-17/h2-11,14-16,21,23-25H,12-13H2,1H3. The number of fused-ring (bicyclic) bond motifs is 1. The third-order valence-corrected chi connectivity index (χ3v) is 6.88. The highest BCUT2D eigenvalue weighted by Crippen LogP contribution is 2.37. The summed E-state index contributed by atoms with van der Waals surface area (Å²) in [7, 11) is 0. The van der Waals surface area contributed by atoms with Gasteiger partial charge in [-0.1, -0.05) is 61.5 Å². The maximum absolute atomic E-state index is 11.7. The summed E-state index contributed by atoms with van der Waals surface area (Å²) in [5.74, 6) is -0.0312. The molecule has 27 heavy (non-hydrogen) atoms. The van der Waals surface area contributed by atoms with Gasteiger partial charge in [0.15, 0.2) is 0 Å². The van der Waals surface area contributed by atoms with Crippen molar-refractivity contribution >= 4 is 34.5 Å². The molecule has 1 aromatic heterocycles. The molecule has 0 saturated heterocycles. The number of carbonyl (C=O) groups is 1. The molecule has 3 unspecified atom stereocenters. The number of benzene rings is 2. The summed E-state index contributed by atoms with van der Waals surface area (Å²) in [5.41, 5.74) is 3.78. The van der Waals surface area contributed by atoms with Crippen LogP contribution in [0.15, 0.2) is 71.8 Å². The number of aromatic nitrogens is 1. The number of aromatic amines is 1. The van der Waals surface area contributed by atoms with Gasteiger partial charge in [0.05, 0.1) is 0 Å². The summed E-state index contributed by atoms with van der Waals surface area (Å²) in [4.78, 5) is 16.2. The van der Waals surface area contributed by atoms with E-state index in [0.717, 1.165) is 24.8 Å². The van der Waals surface area contributed by atoms with E-state index in [0.29, 0.717) is 0 Å². The maximum Gasteiger partial charge on any atom is 0.123 e. The first kappa shape index (κ1) is 18.1. The van der Waals surface area contributed by atoms with Crippen LogP contribution in [0.3, 0.4) is 0 Å². The SMILES string of the molecule is CC(C=O)C(Sc1c[nH]c2ccccc12)C1CC(c2ccccc2)=CCN1. The number of hydrogen-bond acceptors (Lipinski definition) is 3. The van der Waals surface area contributed by atoms with E-state index in [1.54, 1.807) is 0 Å². The molecule has 0 saturated carbocycles. The van der Waals surface area contributed by atoms with Gasteiger partial charge in [-0.05, 0) is 23.6 Å². The molecule has 2 heterocycles. The second-order valence-electron chi connectivity index (χ2n) is 7.09. The predicted molar refractivity (Wildman–Crippen MR) is 114 cm³/mol. The normalized spacial score (nSPS) is 19.4. The number of rotatable bonds is 6. The molecule has 3 aromatic rings. The highest BCUT2D eigenvalue weighted by molar-refractivity contribution is 8.00. The van der Waals surface area contributed by atoms with Gasteiger partial charge in [0.1, 0.15) is 6.29 Å². The monoisotopic (exact) mass is 376 g/mol. The van der Waals surface area contributed by atoms with Gasteiger partial charge in [-0.3, -0.25) is 0 Å². The van der Waals surface area contributed by atoms with Gasteiger partial charge in [-0.15, -0.1) is 11.8 Å². The van der Waals surface area contributed by atoms with E-state index in [9.17, 15) is 4.79 Å². The first-order valence-electron chi connectivity index (χ1n) is 9.42. The summed E-state index contributed by atoms with van der Waals surface area (Å²) in [6.07, 6.45) is 6.36. The lowest BCUT2D eigenvalue weighted by atomic mass is 9.90. The van der Waals surface area contributed by atoms with Gasteiger partial charge in [-0.25, -0.2) is 0 Å². The summed E-state index contributed by atoms with van der Waals surface area (Å²) in [5, 5.41) is 5.03. The molecule has 4 heteroatoms. The lowest BCUT2D eigenvalue weighted by molar-refractivity contribution is -0.110. The third-order valence-electron chi connectivity index (χ3n) is 5.26. The van der Waals surface area contributed by atoms with E-state index in [1.165, 1.54) is 21.4 Å². The molecule has 0 bridgehead atoms. The molecule has 1 aliphatic heterocycles. The van der Waals surface area contributed by atoms with Crippen LogP contribution in [0.2, 0.25) is 0 Å². The molecular formula is C23H24N2OS. The number of H-pyrrole nitrogens is 1. The number of nitrogens with one attached hydrogen (secondary N) is 2. The molecule has 0 amide bonds. The van der Waals surface area contributed by atoms with Crippen LogP contribution in [-0.4, -0.2) is 29.1 Å². The van der Waals surface area contributed by atoms with Crippen LogP contribution in [0.5, 0.6) is 0 Å². The van der Waals surface area contributed by atoms with Crippen molar-refractivity contribution in [3.8, 4) is 0 Å². The molecule has 0 radical (unpaired) electrons. The van der Waals surface area contributed by atoms with Crippen molar-refractivity contribution in [1.82, 2.24) is 10.3 Å². The highest BCUT2D eigenvalue weighted by Gasteiger charge is 2.30.